The van der Waals surface area contributed by atoms with Crippen molar-refractivity contribution in [3.05, 3.63) is 30.3 Å². The van der Waals surface area contributed by atoms with Crippen molar-refractivity contribution in [1.82, 2.24) is 25.1 Å². The minimum Gasteiger partial charge on any atom is -0.337 e. The predicted octanol–water partition coefficient (Wildman–Crippen LogP) is 0.132. The third-order valence-corrected chi connectivity index (χ3v) is 4.02. The van der Waals surface area contributed by atoms with Crippen LogP contribution in [0.3, 0.4) is 0 Å². The molecule has 7 nitrogen and oxygen atoms in total. The van der Waals surface area contributed by atoms with Gasteiger partial charge in [0, 0.05) is 38.8 Å². The highest BCUT2D eigenvalue weighted by Crippen LogP contribution is 2.17. The van der Waals surface area contributed by atoms with Gasteiger partial charge in [-0.1, -0.05) is 23.3 Å². The molecule has 1 aromatic heterocycles. The fraction of sp³-hybridized carbons (Fsp3) is 0.500. The smallest absolute Gasteiger partial charge is 0.250 e. The van der Waals surface area contributed by atoms with E-state index in [1.54, 1.807) is 4.68 Å². The fourth-order valence-electron chi connectivity index (χ4n) is 2.63. The van der Waals surface area contributed by atoms with Crippen LogP contribution < -0.4 is 10.6 Å². The van der Waals surface area contributed by atoms with Crippen molar-refractivity contribution in [1.29, 1.82) is 0 Å². The van der Waals surface area contributed by atoms with E-state index in [9.17, 15) is 0 Å². The maximum Gasteiger partial charge on any atom is 0.250 e. The van der Waals surface area contributed by atoms with Crippen molar-refractivity contribution in [3.63, 3.8) is 0 Å². The lowest BCUT2D eigenvalue weighted by molar-refractivity contribution is 0.200. The summed E-state index contributed by atoms with van der Waals surface area (Å²) in [5, 5.41) is 12.1. The normalized spacial score (nSPS) is 17.9. The van der Waals surface area contributed by atoms with Gasteiger partial charge in [0.15, 0.2) is 0 Å². The Morgan fingerprint density at radius 2 is 1.86 bits per heavy atom. The Bertz CT molecular complexity index is 560. The fourth-order valence-corrected chi connectivity index (χ4v) is 2.63. The highest BCUT2D eigenvalue weighted by molar-refractivity contribution is 5.40. The molecule has 21 heavy (non-hydrogen) atoms. The molecular formula is C14H21N7. The van der Waals surface area contributed by atoms with Crippen molar-refractivity contribution >= 4 is 5.95 Å². The molecule has 0 amide bonds. The average molecular weight is 287 g/mol. The van der Waals surface area contributed by atoms with Crippen LogP contribution in [-0.4, -0.2) is 63.9 Å². The SMILES string of the molecule is CC(CN)N1CCN(c2nnnn2-c2ccccc2)CC1. The number of benzene rings is 1. The van der Waals surface area contributed by atoms with E-state index in [2.05, 4.69) is 32.2 Å². The zero-order valence-electron chi connectivity index (χ0n) is 12.3. The first kappa shape index (κ1) is 14.0. The second kappa shape index (κ2) is 6.19. The van der Waals surface area contributed by atoms with Crippen molar-refractivity contribution in [2.75, 3.05) is 37.6 Å². The number of nitrogens with zero attached hydrogens (tertiary/aromatic N) is 6. The highest BCUT2D eigenvalue weighted by atomic mass is 15.6. The first-order valence-electron chi connectivity index (χ1n) is 7.32. The predicted molar refractivity (Wildman–Crippen MR) is 81.5 cm³/mol. The van der Waals surface area contributed by atoms with Gasteiger partial charge in [0.1, 0.15) is 0 Å². The summed E-state index contributed by atoms with van der Waals surface area (Å²) >= 11 is 0. The van der Waals surface area contributed by atoms with E-state index in [-0.39, 0.29) is 0 Å². The molecule has 0 saturated carbocycles. The number of hydrogen-bond donors (Lipinski definition) is 1. The Labute approximate surface area is 124 Å². The van der Waals surface area contributed by atoms with Crippen molar-refractivity contribution in [3.8, 4) is 5.69 Å². The van der Waals surface area contributed by atoms with Crippen LogP contribution in [0.2, 0.25) is 0 Å². The third-order valence-electron chi connectivity index (χ3n) is 4.02. The van der Waals surface area contributed by atoms with E-state index in [0.717, 1.165) is 37.8 Å². The molecule has 2 aromatic rings. The van der Waals surface area contributed by atoms with Crippen molar-refractivity contribution < 1.29 is 0 Å². The van der Waals surface area contributed by atoms with Crippen LogP contribution in [0.4, 0.5) is 5.95 Å². The molecule has 1 aliphatic heterocycles. The molecule has 1 aromatic carbocycles. The molecule has 1 atom stereocenters. The molecule has 112 valence electrons. The maximum absolute atomic E-state index is 5.74. The monoisotopic (exact) mass is 287 g/mol. The lowest BCUT2D eigenvalue weighted by Crippen LogP contribution is -2.52. The summed E-state index contributed by atoms with van der Waals surface area (Å²) in [6.45, 7) is 6.67. The molecular weight excluding hydrogens is 266 g/mol. The van der Waals surface area contributed by atoms with E-state index >= 15 is 0 Å². The summed E-state index contributed by atoms with van der Waals surface area (Å²) in [6, 6.07) is 10.4. The van der Waals surface area contributed by atoms with Gasteiger partial charge in [-0.15, -0.1) is 0 Å². The number of tetrazole rings is 1. The van der Waals surface area contributed by atoms with Crippen LogP contribution in [0.1, 0.15) is 6.92 Å². The molecule has 2 heterocycles. The highest BCUT2D eigenvalue weighted by Gasteiger charge is 2.24. The summed E-state index contributed by atoms with van der Waals surface area (Å²) in [7, 11) is 0. The van der Waals surface area contributed by atoms with Crippen LogP contribution in [0.15, 0.2) is 30.3 Å². The number of hydrogen-bond acceptors (Lipinski definition) is 6. The second-order valence-corrected chi connectivity index (χ2v) is 5.33. The summed E-state index contributed by atoms with van der Waals surface area (Å²) < 4.78 is 1.79. The molecule has 0 bridgehead atoms. The van der Waals surface area contributed by atoms with Crippen LogP contribution in [0.25, 0.3) is 5.69 Å². The van der Waals surface area contributed by atoms with E-state index in [1.165, 1.54) is 0 Å². The molecule has 7 heteroatoms. The zero-order valence-corrected chi connectivity index (χ0v) is 12.3. The van der Waals surface area contributed by atoms with Gasteiger partial charge in [0.05, 0.1) is 5.69 Å². The Morgan fingerprint density at radius 3 is 2.52 bits per heavy atom. The molecule has 1 aliphatic rings. The molecule has 0 radical (unpaired) electrons. The minimum atomic E-state index is 0.428. The third kappa shape index (κ3) is 2.88. The van der Waals surface area contributed by atoms with Crippen molar-refractivity contribution in [2.45, 2.75) is 13.0 Å². The van der Waals surface area contributed by atoms with Crippen LogP contribution in [0.5, 0.6) is 0 Å². The number of anilines is 1. The number of aromatic nitrogens is 4. The molecule has 0 spiro atoms. The lowest BCUT2D eigenvalue weighted by atomic mass is 10.2. The van der Waals surface area contributed by atoms with E-state index in [0.29, 0.717) is 12.6 Å². The van der Waals surface area contributed by atoms with Gasteiger partial charge >= 0.3 is 0 Å². The van der Waals surface area contributed by atoms with Gasteiger partial charge in [0.2, 0.25) is 5.95 Å². The molecule has 2 N–H and O–H groups in total. The summed E-state index contributed by atoms with van der Waals surface area (Å²) in [6.07, 6.45) is 0. The number of piperazine rings is 1. The number of para-hydroxylation sites is 1. The van der Waals surface area contributed by atoms with Gasteiger partial charge in [-0.25, -0.2) is 0 Å². The summed E-state index contributed by atoms with van der Waals surface area (Å²) in [5.41, 5.74) is 6.72. The lowest BCUT2D eigenvalue weighted by Gasteiger charge is -2.37. The van der Waals surface area contributed by atoms with E-state index in [1.807, 2.05) is 30.3 Å². The largest absolute Gasteiger partial charge is 0.337 e. The van der Waals surface area contributed by atoms with Crippen LogP contribution in [-0.2, 0) is 0 Å². The maximum atomic E-state index is 5.74. The van der Waals surface area contributed by atoms with Gasteiger partial charge in [0.25, 0.3) is 0 Å². The zero-order chi connectivity index (χ0) is 14.7. The Morgan fingerprint density at radius 1 is 1.14 bits per heavy atom. The quantitative estimate of drug-likeness (QED) is 0.861. The van der Waals surface area contributed by atoms with Gasteiger partial charge in [-0.2, -0.15) is 4.68 Å². The van der Waals surface area contributed by atoms with Crippen LogP contribution >= 0.6 is 0 Å². The Balaban J connectivity index is 1.74. The Kier molecular flexibility index (Phi) is 4.12. The molecule has 3 rings (SSSR count). The molecule has 1 saturated heterocycles. The second-order valence-electron chi connectivity index (χ2n) is 5.33. The van der Waals surface area contributed by atoms with Gasteiger partial charge in [-0.05, 0) is 29.5 Å². The first-order valence-corrected chi connectivity index (χ1v) is 7.32. The molecule has 1 unspecified atom stereocenters. The first-order chi connectivity index (χ1) is 10.3. The standard InChI is InChI=1S/C14H21N7/c1-12(11-15)19-7-9-20(10-8-19)14-16-17-18-21(14)13-5-3-2-4-6-13/h2-6,12H,7-11,15H2,1H3. The molecule has 1 fully saturated rings. The number of rotatable bonds is 4. The van der Waals surface area contributed by atoms with Gasteiger partial charge in [-0.3, -0.25) is 4.90 Å². The molecule has 0 aliphatic carbocycles. The topological polar surface area (TPSA) is 76.1 Å². The number of nitrogens with two attached hydrogens (primary N) is 1. The average Bonchev–Trinajstić information content (AvgIpc) is 3.04. The van der Waals surface area contributed by atoms with Gasteiger partial charge < -0.3 is 10.6 Å². The van der Waals surface area contributed by atoms with E-state index in [4.69, 9.17) is 5.73 Å². The summed E-state index contributed by atoms with van der Waals surface area (Å²) in [5.74, 6) is 0.807. The van der Waals surface area contributed by atoms with Crippen molar-refractivity contribution in [2.24, 2.45) is 5.73 Å². The Hall–Kier alpha value is -1.99. The minimum absolute atomic E-state index is 0.428. The van der Waals surface area contributed by atoms with E-state index < -0.39 is 0 Å². The summed E-state index contributed by atoms with van der Waals surface area (Å²) in [4.78, 5) is 4.64. The van der Waals surface area contributed by atoms with Crippen LogP contribution in [0, 0.1) is 0 Å².